The third kappa shape index (κ3) is 4.26. The van der Waals surface area contributed by atoms with Crippen LogP contribution in [-0.4, -0.2) is 21.2 Å². The van der Waals surface area contributed by atoms with Crippen LogP contribution < -0.4 is 10.9 Å². The second kappa shape index (κ2) is 8.92. The van der Waals surface area contributed by atoms with Crippen molar-refractivity contribution in [2.24, 2.45) is 0 Å². The van der Waals surface area contributed by atoms with Gasteiger partial charge in [-0.3, -0.25) is 14.2 Å². The number of carbonyl (C=O) groups excluding carboxylic acids is 1. The van der Waals surface area contributed by atoms with Crippen LogP contribution in [0, 0.1) is 5.82 Å². The lowest BCUT2D eigenvalue weighted by Crippen LogP contribution is -2.23. The summed E-state index contributed by atoms with van der Waals surface area (Å²) < 4.78 is 15.7. The highest BCUT2D eigenvalue weighted by atomic mass is 32.2. The normalized spacial score (nSPS) is 10.8. The Hall–Kier alpha value is -3.45. The van der Waals surface area contributed by atoms with E-state index in [0.717, 1.165) is 5.69 Å². The molecular formula is C23H18FN3O2S. The first kappa shape index (κ1) is 19.8. The minimum absolute atomic E-state index is 0.136. The van der Waals surface area contributed by atoms with Gasteiger partial charge in [0.25, 0.3) is 5.56 Å². The van der Waals surface area contributed by atoms with E-state index in [1.54, 1.807) is 42.5 Å². The maximum atomic E-state index is 14.5. The number of carbonyl (C=O) groups is 1. The first-order valence-electron chi connectivity index (χ1n) is 9.38. The summed E-state index contributed by atoms with van der Waals surface area (Å²) in [5, 5.41) is 3.58. The van der Waals surface area contributed by atoms with Crippen molar-refractivity contribution in [3.8, 4) is 5.69 Å². The average molecular weight is 419 g/mol. The van der Waals surface area contributed by atoms with Gasteiger partial charge in [0.2, 0.25) is 5.91 Å². The molecule has 7 heteroatoms. The van der Waals surface area contributed by atoms with Gasteiger partial charge < -0.3 is 5.32 Å². The standard InChI is InChI=1S/C23H18FN3O2S/c24-18-11-5-7-13-20(18)27-22(29)17-10-4-6-12-19(17)26-23(27)30-15-14-21(28)25-16-8-2-1-3-9-16/h1-13H,14-15H2,(H,25,28). The molecule has 150 valence electrons. The van der Waals surface area contributed by atoms with Gasteiger partial charge in [-0.05, 0) is 36.4 Å². The quantitative estimate of drug-likeness (QED) is 0.365. The van der Waals surface area contributed by atoms with Crippen LogP contribution in [0.1, 0.15) is 6.42 Å². The van der Waals surface area contributed by atoms with Crippen molar-refractivity contribution in [3.05, 3.63) is 95.0 Å². The fraction of sp³-hybridized carbons (Fsp3) is 0.0870. The van der Waals surface area contributed by atoms with Crippen LogP contribution in [0.15, 0.2) is 88.8 Å². The topological polar surface area (TPSA) is 64.0 Å². The maximum Gasteiger partial charge on any atom is 0.266 e. The number of aromatic nitrogens is 2. The lowest BCUT2D eigenvalue weighted by Gasteiger charge is -2.13. The van der Waals surface area contributed by atoms with Crippen LogP contribution in [0.2, 0.25) is 0 Å². The molecule has 0 bridgehead atoms. The minimum atomic E-state index is -0.514. The maximum absolute atomic E-state index is 14.5. The Balaban J connectivity index is 1.61. The van der Waals surface area contributed by atoms with E-state index in [4.69, 9.17) is 0 Å². The van der Waals surface area contributed by atoms with Crippen LogP contribution in [0.5, 0.6) is 0 Å². The number of nitrogens with one attached hydrogen (secondary N) is 1. The summed E-state index contributed by atoms with van der Waals surface area (Å²) >= 11 is 1.24. The number of halogens is 1. The Morgan fingerprint density at radius 2 is 1.67 bits per heavy atom. The Labute approximate surface area is 176 Å². The number of benzene rings is 3. The van der Waals surface area contributed by atoms with Crippen molar-refractivity contribution in [1.29, 1.82) is 0 Å². The summed E-state index contributed by atoms with van der Waals surface area (Å²) in [4.78, 5) is 29.9. The van der Waals surface area contributed by atoms with Gasteiger partial charge in [-0.1, -0.05) is 54.2 Å². The molecule has 3 aromatic carbocycles. The molecule has 0 fully saturated rings. The van der Waals surface area contributed by atoms with E-state index in [1.807, 2.05) is 30.3 Å². The van der Waals surface area contributed by atoms with Gasteiger partial charge in [-0.2, -0.15) is 0 Å². The number of para-hydroxylation sites is 3. The molecule has 0 radical (unpaired) electrons. The molecule has 1 heterocycles. The molecule has 4 aromatic rings. The van der Waals surface area contributed by atoms with Crippen molar-refractivity contribution in [2.45, 2.75) is 11.6 Å². The molecule has 0 saturated heterocycles. The predicted molar refractivity (Wildman–Crippen MR) is 118 cm³/mol. The molecule has 4 rings (SSSR count). The highest BCUT2D eigenvalue weighted by Crippen LogP contribution is 2.23. The highest BCUT2D eigenvalue weighted by molar-refractivity contribution is 7.99. The van der Waals surface area contributed by atoms with E-state index in [0.29, 0.717) is 21.8 Å². The molecule has 0 atom stereocenters. The number of thioether (sulfide) groups is 1. The van der Waals surface area contributed by atoms with E-state index in [9.17, 15) is 14.0 Å². The molecule has 0 saturated carbocycles. The molecule has 0 unspecified atom stereocenters. The molecule has 0 aliphatic carbocycles. The third-order valence-corrected chi connectivity index (χ3v) is 5.40. The van der Waals surface area contributed by atoms with Crippen molar-refractivity contribution in [1.82, 2.24) is 9.55 Å². The minimum Gasteiger partial charge on any atom is -0.326 e. The van der Waals surface area contributed by atoms with Gasteiger partial charge in [0, 0.05) is 17.9 Å². The van der Waals surface area contributed by atoms with Gasteiger partial charge in [0.1, 0.15) is 5.82 Å². The number of nitrogens with zero attached hydrogens (tertiary/aromatic N) is 2. The van der Waals surface area contributed by atoms with Gasteiger partial charge in [0.15, 0.2) is 5.16 Å². The van der Waals surface area contributed by atoms with Gasteiger partial charge in [0.05, 0.1) is 16.6 Å². The second-order valence-corrected chi connectivity index (χ2v) is 7.58. The van der Waals surface area contributed by atoms with Crippen molar-refractivity contribution in [2.75, 3.05) is 11.1 Å². The molecule has 0 spiro atoms. The average Bonchev–Trinajstić information content (AvgIpc) is 2.76. The number of anilines is 1. The molecule has 1 amide bonds. The summed E-state index contributed by atoms with van der Waals surface area (Å²) in [6.45, 7) is 0. The number of fused-ring (bicyclic) bond motifs is 1. The van der Waals surface area contributed by atoms with E-state index in [1.165, 1.54) is 22.4 Å². The predicted octanol–water partition coefficient (Wildman–Crippen LogP) is 4.65. The van der Waals surface area contributed by atoms with Crippen LogP contribution in [0.3, 0.4) is 0 Å². The Kier molecular flexibility index (Phi) is 5.90. The van der Waals surface area contributed by atoms with E-state index in [2.05, 4.69) is 10.3 Å². The number of amides is 1. The third-order valence-electron chi connectivity index (χ3n) is 4.46. The first-order chi connectivity index (χ1) is 14.6. The van der Waals surface area contributed by atoms with Crippen LogP contribution in [0.25, 0.3) is 16.6 Å². The fourth-order valence-electron chi connectivity index (χ4n) is 3.03. The van der Waals surface area contributed by atoms with E-state index in [-0.39, 0.29) is 23.6 Å². The zero-order valence-electron chi connectivity index (χ0n) is 15.9. The number of hydrogen-bond donors (Lipinski definition) is 1. The van der Waals surface area contributed by atoms with Crippen LogP contribution in [0.4, 0.5) is 10.1 Å². The first-order valence-corrected chi connectivity index (χ1v) is 10.4. The second-order valence-electron chi connectivity index (χ2n) is 6.52. The molecule has 0 aliphatic heterocycles. The van der Waals surface area contributed by atoms with E-state index < -0.39 is 5.82 Å². The molecule has 5 nitrogen and oxygen atoms in total. The zero-order valence-corrected chi connectivity index (χ0v) is 16.7. The Morgan fingerprint density at radius 3 is 2.47 bits per heavy atom. The van der Waals surface area contributed by atoms with Gasteiger partial charge in [-0.15, -0.1) is 0 Å². The fourth-order valence-corrected chi connectivity index (χ4v) is 3.98. The summed E-state index contributed by atoms with van der Waals surface area (Å²) in [6, 6.07) is 22.2. The van der Waals surface area contributed by atoms with Gasteiger partial charge >= 0.3 is 0 Å². The molecule has 1 aromatic heterocycles. The van der Waals surface area contributed by atoms with Crippen LogP contribution in [-0.2, 0) is 4.79 Å². The zero-order chi connectivity index (χ0) is 20.9. The SMILES string of the molecule is O=C(CCSc1nc2ccccc2c(=O)n1-c1ccccc1F)Nc1ccccc1. The van der Waals surface area contributed by atoms with Gasteiger partial charge in [-0.25, -0.2) is 9.37 Å². The monoisotopic (exact) mass is 419 g/mol. The largest absolute Gasteiger partial charge is 0.326 e. The lowest BCUT2D eigenvalue weighted by molar-refractivity contribution is -0.115. The smallest absolute Gasteiger partial charge is 0.266 e. The lowest BCUT2D eigenvalue weighted by atomic mass is 10.2. The summed E-state index contributed by atoms with van der Waals surface area (Å²) in [5.41, 5.74) is 1.05. The van der Waals surface area contributed by atoms with Crippen molar-refractivity contribution in [3.63, 3.8) is 0 Å². The Bertz CT molecular complexity index is 1260. The molecule has 0 aliphatic rings. The van der Waals surface area contributed by atoms with Crippen molar-refractivity contribution >= 4 is 34.3 Å². The summed E-state index contributed by atoms with van der Waals surface area (Å²) in [5.74, 6) is -0.271. The van der Waals surface area contributed by atoms with E-state index >= 15 is 0 Å². The molecule has 30 heavy (non-hydrogen) atoms. The van der Waals surface area contributed by atoms with Crippen LogP contribution >= 0.6 is 11.8 Å². The number of hydrogen-bond acceptors (Lipinski definition) is 4. The highest BCUT2D eigenvalue weighted by Gasteiger charge is 2.16. The number of rotatable bonds is 6. The summed E-state index contributed by atoms with van der Waals surface area (Å²) in [7, 11) is 0. The summed E-state index contributed by atoms with van der Waals surface area (Å²) in [6.07, 6.45) is 0.222. The molecular weight excluding hydrogens is 401 g/mol. The molecule has 1 N–H and O–H groups in total. The van der Waals surface area contributed by atoms with Crippen molar-refractivity contribution < 1.29 is 9.18 Å². The Morgan fingerprint density at radius 1 is 0.967 bits per heavy atom.